The maximum Gasteiger partial charge on any atom is 0.354 e. The van der Waals surface area contributed by atoms with Gasteiger partial charge >= 0.3 is 5.97 Å². The molecule has 0 bridgehead atoms. The number of rotatable bonds is 6. The van der Waals surface area contributed by atoms with Crippen molar-refractivity contribution < 1.29 is 23.1 Å². The summed E-state index contributed by atoms with van der Waals surface area (Å²) in [5.74, 6) is -0.982. The fourth-order valence-corrected chi connectivity index (χ4v) is 2.60. The summed E-state index contributed by atoms with van der Waals surface area (Å²) in [6.07, 6.45) is 1.15. The number of nitrogens with one attached hydrogen (secondary N) is 1. The molecule has 2 N–H and O–H groups in total. The van der Waals surface area contributed by atoms with Gasteiger partial charge in [-0.3, -0.25) is 9.40 Å². The lowest BCUT2D eigenvalue weighted by atomic mass is 10.4. The molecular weight excluding hydrogens is 312 g/mol. The van der Waals surface area contributed by atoms with Crippen LogP contribution in [0.2, 0.25) is 0 Å². The zero-order chi connectivity index (χ0) is 16.3. The Morgan fingerprint density at radius 3 is 2.68 bits per heavy atom. The molecule has 0 unspecified atom stereocenters. The van der Waals surface area contributed by atoms with Crippen LogP contribution >= 0.6 is 0 Å². The number of carbonyl (C=O) groups is 1. The Hall–Kier alpha value is -2.62. The number of carboxylic acid groups (broad SMARTS) is 1. The van der Waals surface area contributed by atoms with Gasteiger partial charge in [0.1, 0.15) is 10.6 Å². The molecule has 0 fully saturated rings. The number of sulfonamides is 1. The second-order valence-electron chi connectivity index (χ2n) is 4.21. The van der Waals surface area contributed by atoms with Crippen molar-refractivity contribution >= 4 is 21.8 Å². The fraction of sp³-hybridized carbons (Fsp3) is 0.250. The second kappa shape index (κ2) is 6.02. The van der Waals surface area contributed by atoms with Crippen LogP contribution in [0.5, 0.6) is 5.88 Å². The molecule has 2 aromatic heterocycles. The number of aromatic nitrogens is 3. The van der Waals surface area contributed by atoms with E-state index in [-0.39, 0.29) is 16.4 Å². The van der Waals surface area contributed by atoms with Crippen molar-refractivity contribution in [3.8, 4) is 5.88 Å². The molecular formula is C12H14N4O5S. The molecule has 0 saturated carbocycles. The summed E-state index contributed by atoms with van der Waals surface area (Å²) >= 11 is 0. The molecule has 2 rings (SSSR count). The highest BCUT2D eigenvalue weighted by atomic mass is 32.2. The van der Waals surface area contributed by atoms with E-state index in [1.54, 1.807) is 6.92 Å². The van der Waals surface area contributed by atoms with Crippen molar-refractivity contribution in [2.45, 2.75) is 11.8 Å². The molecule has 22 heavy (non-hydrogen) atoms. The average Bonchev–Trinajstić information content (AvgIpc) is 2.80. The van der Waals surface area contributed by atoms with Crippen molar-refractivity contribution in [1.82, 2.24) is 14.8 Å². The summed E-state index contributed by atoms with van der Waals surface area (Å²) in [5.41, 5.74) is -0.137. The molecule has 0 spiro atoms. The molecule has 2 heterocycles. The van der Waals surface area contributed by atoms with Gasteiger partial charge in [0.25, 0.3) is 10.0 Å². The highest BCUT2D eigenvalue weighted by molar-refractivity contribution is 7.92. The lowest BCUT2D eigenvalue weighted by Gasteiger charge is -2.06. The summed E-state index contributed by atoms with van der Waals surface area (Å²) in [7, 11) is -2.51. The van der Waals surface area contributed by atoms with E-state index in [1.165, 1.54) is 19.2 Å². The molecule has 0 saturated heterocycles. The smallest absolute Gasteiger partial charge is 0.354 e. The Bertz CT molecular complexity index is 782. The molecule has 2 aromatic rings. The predicted molar refractivity (Wildman–Crippen MR) is 76.4 cm³/mol. The minimum Gasteiger partial charge on any atom is -0.478 e. The van der Waals surface area contributed by atoms with Gasteiger partial charge in [-0.1, -0.05) is 0 Å². The van der Waals surface area contributed by atoms with E-state index in [0.29, 0.717) is 12.5 Å². The van der Waals surface area contributed by atoms with Crippen LogP contribution in [0, 0.1) is 0 Å². The highest BCUT2D eigenvalue weighted by Gasteiger charge is 2.19. The first-order valence-electron chi connectivity index (χ1n) is 6.22. The van der Waals surface area contributed by atoms with E-state index < -0.39 is 16.0 Å². The van der Waals surface area contributed by atoms with E-state index in [4.69, 9.17) is 9.84 Å². The molecule has 0 aliphatic carbocycles. The maximum atomic E-state index is 12.2. The third kappa shape index (κ3) is 3.34. The van der Waals surface area contributed by atoms with Crippen LogP contribution in [0.15, 0.2) is 29.3 Å². The summed E-state index contributed by atoms with van der Waals surface area (Å²) in [5, 5.41) is 12.7. The standard InChI is InChI=1S/C12H14N4O5S/c1-3-21-11-5-4-8(7-13-11)22(19,20)15-10-6-9(12(17)18)16(2)14-10/h4-7H,3H2,1-2H3,(H,14,15)(H,17,18). The van der Waals surface area contributed by atoms with Gasteiger partial charge in [-0.05, 0) is 13.0 Å². The first kappa shape index (κ1) is 15.8. The minimum atomic E-state index is -3.91. The van der Waals surface area contributed by atoms with Crippen LogP contribution in [0.1, 0.15) is 17.4 Å². The lowest BCUT2D eigenvalue weighted by molar-refractivity contribution is 0.0685. The minimum absolute atomic E-state index is 0.0847. The van der Waals surface area contributed by atoms with Gasteiger partial charge < -0.3 is 9.84 Å². The predicted octanol–water partition coefficient (Wildman–Crippen LogP) is 0.713. The van der Waals surface area contributed by atoms with Gasteiger partial charge in [0.15, 0.2) is 5.82 Å². The van der Waals surface area contributed by atoms with Gasteiger partial charge in [0.2, 0.25) is 5.88 Å². The molecule has 9 nitrogen and oxygen atoms in total. The number of pyridine rings is 1. The summed E-state index contributed by atoms with van der Waals surface area (Å²) < 4.78 is 32.7. The Labute approximate surface area is 126 Å². The van der Waals surface area contributed by atoms with Crippen molar-refractivity contribution in [1.29, 1.82) is 0 Å². The zero-order valence-corrected chi connectivity index (χ0v) is 12.7. The Balaban J connectivity index is 2.23. The number of ether oxygens (including phenoxy) is 1. The van der Waals surface area contributed by atoms with Crippen LogP contribution in [0.3, 0.4) is 0 Å². The number of hydrogen-bond donors (Lipinski definition) is 2. The number of aryl methyl sites for hydroxylation is 1. The molecule has 0 amide bonds. The van der Waals surface area contributed by atoms with Crippen molar-refractivity contribution in [2.75, 3.05) is 11.3 Å². The highest BCUT2D eigenvalue weighted by Crippen LogP contribution is 2.17. The van der Waals surface area contributed by atoms with Gasteiger partial charge in [-0.15, -0.1) is 0 Å². The van der Waals surface area contributed by atoms with Crippen molar-refractivity contribution in [3.63, 3.8) is 0 Å². The number of aromatic carboxylic acids is 1. The quantitative estimate of drug-likeness (QED) is 0.801. The second-order valence-corrected chi connectivity index (χ2v) is 5.90. The summed E-state index contributed by atoms with van der Waals surface area (Å²) in [6, 6.07) is 3.89. The largest absolute Gasteiger partial charge is 0.478 e. The fourth-order valence-electron chi connectivity index (χ4n) is 1.67. The Morgan fingerprint density at radius 1 is 1.45 bits per heavy atom. The van der Waals surface area contributed by atoms with E-state index >= 15 is 0 Å². The number of anilines is 1. The van der Waals surface area contributed by atoms with Crippen LogP contribution in [0.4, 0.5) is 5.82 Å². The number of nitrogens with zero attached hydrogens (tertiary/aromatic N) is 3. The van der Waals surface area contributed by atoms with Gasteiger partial charge in [-0.25, -0.2) is 18.2 Å². The molecule has 118 valence electrons. The Morgan fingerprint density at radius 2 is 2.18 bits per heavy atom. The Kier molecular flexibility index (Phi) is 4.31. The van der Waals surface area contributed by atoms with Crippen molar-refractivity contribution in [3.05, 3.63) is 30.1 Å². The van der Waals surface area contributed by atoms with Crippen LogP contribution < -0.4 is 9.46 Å². The van der Waals surface area contributed by atoms with Crippen LogP contribution in [0.25, 0.3) is 0 Å². The first-order valence-corrected chi connectivity index (χ1v) is 7.71. The molecule has 10 heteroatoms. The van der Waals surface area contributed by atoms with Gasteiger partial charge in [-0.2, -0.15) is 5.10 Å². The first-order chi connectivity index (χ1) is 10.3. The molecule has 0 atom stereocenters. The third-order valence-corrected chi connectivity index (χ3v) is 3.99. The van der Waals surface area contributed by atoms with E-state index in [2.05, 4.69) is 14.8 Å². The normalized spacial score (nSPS) is 11.2. The average molecular weight is 326 g/mol. The summed E-state index contributed by atoms with van der Waals surface area (Å²) in [4.78, 5) is 14.7. The topological polar surface area (TPSA) is 123 Å². The van der Waals surface area contributed by atoms with Gasteiger partial charge in [0.05, 0.1) is 12.8 Å². The van der Waals surface area contributed by atoms with E-state index in [0.717, 1.165) is 16.9 Å². The van der Waals surface area contributed by atoms with Crippen molar-refractivity contribution in [2.24, 2.45) is 7.05 Å². The summed E-state index contributed by atoms with van der Waals surface area (Å²) in [6.45, 7) is 2.21. The zero-order valence-electron chi connectivity index (χ0n) is 11.8. The van der Waals surface area contributed by atoms with Crippen LogP contribution in [-0.4, -0.2) is 40.9 Å². The third-order valence-electron chi connectivity index (χ3n) is 2.65. The molecule has 0 radical (unpaired) electrons. The number of carboxylic acids is 1. The monoisotopic (exact) mass is 326 g/mol. The molecule has 0 aliphatic heterocycles. The SMILES string of the molecule is CCOc1ccc(S(=O)(=O)Nc2cc(C(=O)O)n(C)n2)cn1. The van der Waals surface area contributed by atoms with E-state index in [1.807, 2.05) is 0 Å². The van der Waals surface area contributed by atoms with Gasteiger partial charge in [0, 0.05) is 19.2 Å². The number of hydrogen-bond acceptors (Lipinski definition) is 6. The molecule has 0 aromatic carbocycles. The van der Waals surface area contributed by atoms with E-state index in [9.17, 15) is 13.2 Å². The lowest BCUT2D eigenvalue weighted by Crippen LogP contribution is -2.14. The maximum absolute atomic E-state index is 12.2. The molecule has 0 aliphatic rings. The van der Waals surface area contributed by atoms with Crippen LogP contribution in [-0.2, 0) is 17.1 Å².